The minimum absolute atomic E-state index is 0.257. The van der Waals surface area contributed by atoms with Gasteiger partial charge in [0.05, 0.1) is 17.8 Å². The van der Waals surface area contributed by atoms with Crippen LogP contribution in [-0.4, -0.2) is 41.9 Å². The maximum Gasteiger partial charge on any atom is 0.147 e. The van der Waals surface area contributed by atoms with E-state index in [0.29, 0.717) is 36.5 Å². The van der Waals surface area contributed by atoms with Gasteiger partial charge in [-0.15, -0.1) is 0 Å². The predicted molar refractivity (Wildman–Crippen MR) is 159 cm³/mol. The van der Waals surface area contributed by atoms with Crippen LogP contribution in [0.1, 0.15) is 84.1 Å². The predicted octanol–water partition coefficient (Wildman–Crippen LogP) is 7.50. The van der Waals surface area contributed by atoms with Crippen LogP contribution in [0, 0.1) is 23.2 Å². The summed E-state index contributed by atoms with van der Waals surface area (Å²) in [7, 11) is 1.66. The SMILES string of the molecule is C=C1/C(=C\C=C2/CCC[C@]3(C)[C@@H]([C@H](C)[C@@H](/C=C/C(C)(C)OCOC)c4ccccc4)CC[C@@H]23)C[C@@H](O)C[C@@H]1O. The second-order valence-corrected chi connectivity index (χ2v) is 13.0. The lowest BCUT2D eigenvalue weighted by Crippen LogP contribution is -2.37. The van der Waals surface area contributed by atoms with Crippen molar-refractivity contribution >= 4 is 0 Å². The van der Waals surface area contributed by atoms with Crippen LogP contribution < -0.4 is 0 Å². The molecule has 1 aromatic rings. The molecule has 0 aliphatic heterocycles. The summed E-state index contributed by atoms with van der Waals surface area (Å²) in [6.45, 7) is 13.6. The van der Waals surface area contributed by atoms with Crippen molar-refractivity contribution in [1.82, 2.24) is 0 Å². The standard InChI is InChI=1S/C35H50O4/c1-24-28(21-29(36)22-33(24)37)15-14-27-13-10-19-35(5)31(16-17-32(27)35)25(2)30(26-11-8-7-9-12-26)18-20-34(3,4)39-23-38-6/h7-9,11-12,14-15,18,20,25,29-33,36-37H,1,10,13,16-17,19,21-23H2,2-6H3/b20-18+,27-14+,28-15-/t25-,29-,30-,31-,32+,33+,35-/m1/s1. The molecule has 3 saturated carbocycles. The quantitative estimate of drug-likeness (QED) is 0.254. The van der Waals surface area contributed by atoms with E-state index >= 15 is 0 Å². The van der Waals surface area contributed by atoms with Crippen LogP contribution in [0.4, 0.5) is 0 Å². The van der Waals surface area contributed by atoms with Crippen LogP contribution in [0.15, 0.2) is 77.9 Å². The molecule has 1 aromatic carbocycles. The molecule has 0 heterocycles. The highest BCUT2D eigenvalue weighted by molar-refractivity contribution is 5.39. The van der Waals surface area contributed by atoms with Crippen molar-refractivity contribution in [3.8, 4) is 0 Å². The van der Waals surface area contributed by atoms with E-state index in [9.17, 15) is 10.2 Å². The van der Waals surface area contributed by atoms with Crippen LogP contribution in [0.5, 0.6) is 0 Å². The first-order valence-corrected chi connectivity index (χ1v) is 14.9. The molecule has 0 bridgehead atoms. The van der Waals surface area contributed by atoms with Gasteiger partial charge in [0.15, 0.2) is 0 Å². The second kappa shape index (κ2) is 12.7. The molecule has 0 aromatic heterocycles. The van der Waals surface area contributed by atoms with Crippen LogP contribution in [0.2, 0.25) is 0 Å². The highest BCUT2D eigenvalue weighted by atomic mass is 16.7. The summed E-state index contributed by atoms with van der Waals surface area (Å²) in [5, 5.41) is 20.5. The number of aliphatic hydroxyl groups is 2. The zero-order valence-electron chi connectivity index (χ0n) is 24.7. The fourth-order valence-corrected chi connectivity index (χ4v) is 7.72. The molecule has 3 aliphatic carbocycles. The van der Waals surface area contributed by atoms with Crippen molar-refractivity contribution < 1.29 is 19.7 Å². The average Bonchev–Trinajstić information content (AvgIpc) is 3.26. The van der Waals surface area contributed by atoms with E-state index in [1.807, 2.05) is 0 Å². The Morgan fingerprint density at radius 1 is 1.15 bits per heavy atom. The van der Waals surface area contributed by atoms with Gasteiger partial charge in [-0.3, -0.25) is 0 Å². The Hall–Kier alpha value is -1.98. The number of methoxy groups -OCH3 is 1. The summed E-state index contributed by atoms with van der Waals surface area (Å²) in [6, 6.07) is 10.9. The largest absolute Gasteiger partial charge is 0.393 e. The number of rotatable bonds is 9. The van der Waals surface area contributed by atoms with Crippen LogP contribution in [0.3, 0.4) is 0 Å². The van der Waals surface area contributed by atoms with Gasteiger partial charge < -0.3 is 19.7 Å². The highest BCUT2D eigenvalue weighted by Gasteiger charge is 2.51. The van der Waals surface area contributed by atoms with Crippen LogP contribution in [-0.2, 0) is 9.47 Å². The summed E-state index contributed by atoms with van der Waals surface area (Å²) < 4.78 is 11.1. The molecule has 3 aliphatic rings. The van der Waals surface area contributed by atoms with Crippen molar-refractivity contribution in [2.24, 2.45) is 23.2 Å². The third kappa shape index (κ3) is 6.85. The van der Waals surface area contributed by atoms with Crippen molar-refractivity contribution in [3.05, 3.63) is 83.5 Å². The van der Waals surface area contributed by atoms with Gasteiger partial charge in [0.2, 0.25) is 0 Å². The lowest BCUT2D eigenvalue weighted by molar-refractivity contribution is -0.0921. The summed E-state index contributed by atoms with van der Waals surface area (Å²) in [5.74, 6) is 1.98. The molecule has 4 rings (SSSR count). The Morgan fingerprint density at radius 3 is 2.62 bits per heavy atom. The Labute approximate surface area is 236 Å². The average molecular weight is 535 g/mol. The zero-order chi connectivity index (χ0) is 28.2. The van der Waals surface area contributed by atoms with E-state index in [0.717, 1.165) is 17.6 Å². The molecule has 0 saturated heterocycles. The van der Waals surface area contributed by atoms with Crippen LogP contribution >= 0.6 is 0 Å². The number of benzene rings is 1. The molecule has 3 fully saturated rings. The van der Waals surface area contributed by atoms with Gasteiger partial charge >= 0.3 is 0 Å². The fraction of sp³-hybridized carbons (Fsp3) is 0.600. The van der Waals surface area contributed by atoms with Crippen molar-refractivity contribution in [2.75, 3.05) is 13.9 Å². The fourth-order valence-electron chi connectivity index (χ4n) is 7.72. The summed E-state index contributed by atoms with van der Waals surface area (Å²) in [5.41, 5.74) is 4.52. The van der Waals surface area contributed by atoms with E-state index in [-0.39, 0.29) is 12.2 Å². The molecule has 4 heteroatoms. The van der Waals surface area contributed by atoms with Gasteiger partial charge in [-0.25, -0.2) is 0 Å². The number of hydrogen-bond acceptors (Lipinski definition) is 4. The lowest BCUT2D eigenvalue weighted by atomic mass is 9.59. The van der Waals surface area contributed by atoms with Gasteiger partial charge in [0.1, 0.15) is 6.79 Å². The molecule has 4 nitrogen and oxygen atoms in total. The molecule has 0 spiro atoms. The van der Waals surface area contributed by atoms with Crippen molar-refractivity contribution in [1.29, 1.82) is 0 Å². The normalized spacial score (nSPS) is 33.6. The van der Waals surface area contributed by atoms with Crippen molar-refractivity contribution in [2.45, 2.75) is 96.4 Å². The Morgan fingerprint density at radius 2 is 1.90 bits per heavy atom. The van der Waals surface area contributed by atoms with Gasteiger partial charge in [-0.1, -0.05) is 80.6 Å². The molecule has 0 amide bonds. The molecular formula is C35H50O4. The highest BCUT2D eigenvalue weighted by Crippen LogP contribution is 2.61. The maximum absolute atomic E-state index is 10.3. The number of allylic oxidation sites excluding steroid dienone is 4. The zero-order valence-corrected chi connectivity index (χ0v) is 24.7. The molecule has 214 valence electrons. The number of ether oxygens (including phenoxy) is 2. The van der Waals surface area contributed by atoms with E-state index in [1.165, 1.54) is 36.8 Å². The van der Waals surface area contributed by atoms with Crippen molar-refractivity contribution in [3.63, 3.8) is 0 Å². The monoisotopic (exact) mass is 534 g/mol. The smallest absolute Gasteiger partial charge is 0.147 e. The first-order chi connectivity index (χ1) is 18.6. The number of fused-ring (bicyclic) bond motifs is 1. The van der Waals surface area contributed by atoms with E-state index < -0.39 is 17.8 Å². The van der Waals surface area contributed by atoms with Crippen LogP contribution in [0.25, 0.3) is 0 Å². The first-order valence-electron chi connectivity index (χ1n) is 14.9. The molecule has 7 atom stereocenters. The topological polar surface area (TPSA) is 58.9 Å². The maximum atomic E-state index is 10.3. The summed E-state index contributed by atoms with van der Waals surface area (Å²) >= 11 is 0. The van der Waals surface area contributed by atoms with E-state index in [2.05, 4.69) is 88.9 Å². The molecule has 2 N–H and O–H groups in total. The molecular weight excluding hydrogens is 484 g/mol. The summed E-state index contributed by atoms with van der Waals surface area (Å²) in [6.07, 6.45) is 15.0. The lowest BCUT2D eigenvalue weighted by Gasteiger charge is -2.45. The molecule has 0 radical (unpaired) electrons. The van der Waals surface area contributed by atoms with E-state index in [4.69, 9.17) is 9.47 Å². The molecule has 0 unspecified atom stereocenters. The van der Waals surface area contributed by atoms with Gasteiger partial charge in [-0.05, 0) is 92.3 Å². The van der Waals surface area contributed by atoms with Gasteiger partial charge in [0, 0.05) is 19.4 Å². The Bertz CT molecular complexity index is 1070. The first kappa shape index (κ1) is 30.0. The third-order valence-electron chi connectivity index (χ3n) is 9.94. The Balaban J connectivity index is 1.59. The minimum atomic E-state index is -0.639. The number of hydrogen-bond donors (Lipinski definition) is 2. The second-order valence-electron chi connectivity index (χ2n) is 13.0. The van der Waals surface area contributed by atoms with Gasteiger partial charge in [0.25, 0.3) is 0 Å². The summed E-state index contributed by atoms with van der Waals surface area (Å²) in [4.78, 5) is 0. The third-order valence-corrected chi connectivity index (χ3v) is 9.94. The Kier molecular flexibility index (Phi) is 9.75. The van der Waals surface area contributed by atoms with Gasteiger partial charge in [-0.2, -0.15) is 0 Å². The van der Waals surface area contributed by atoms with E-state index in [1.54, 1.807) is 7.11 Å². The molecule has 39 heavy (non-hydrogen) atoms. The number of aliphatic hydroxyl groups excluding tert-OH is 2. The minimum Gasteiger partial charge on any atom is -0.393 e.